The number of carbonyl (C=O) groups is 1. The number of nitrogens with zero attached hydrogens (tertiary/aromatic N) is 4. The van der Waals surface area contributed by atoms with Crippen molar-refractivity contribution in [3.05, 3.63) is 71.7 Å². The average Bonchev–Trinajstić information content (AvgIpc) is 3.36. The number of rotatable bonds is 5. The van der Waals surface area contributed by atoms with E-state index in [1.807, 2.05) is 69.3 Å². The number of fused-ring (bicyclic) bond motifs is 1. The summed E-state index contributed by atoms with van der Waals surface area (Å²) in [5.41, 5.74) is 10.3. The fourth-order valence-corrected chi connectivity index (χ4v) is 3.62. The van der Waals surface area contributed by atoms with Crippen LogP contribution in [0.3, 0.4) is 0 Å². The molecule has 0 saturated carbocycles. The molecule has 3 heterocycles. The number of nitrogens with one attached hydrogen (secondary N) is 2. The summed E-state index contributed by atoms with van der Waals surface area (Å²) in [6, 6.07) is 15.6. The fourth-order valence-electron chi connectivity index (χ4n) is 3.62. The summed E-state index contributed by atoms with van der Waals surface area (Å²) >= 11 is 0. The highest BCUT2D eigenvalue weighted by molar-refractivity contribution is 5.94. The molecule has 2 aromatic heterocycles. The minimum absolute atomic E-state index is 0.0375. The number of hydrogen-bond donors (Lipinski definition) is 4. The first kappa shape index (κ1) is 25.8. The van der Waals surface area contributed by atoms with Crippen LogP contribution in [0.4, 0.5) is 23.1 Å². The van der Waals surface area contributed by atoms with E-state index in [1.165, 1.54) is 5.56 Å². The number of hydrogen-bond acceptors (Lipinski definition) is 9. The minimum Gasteiger partial charge on any atom is -0.396 e. The molecular formula is C27H31N7O3. The van der Waals surface area contributed by atoms with Crippen molar-refractivity contribution in [2.24, 2.45) is 0 Å². The lowest BCUT2D eigenvalue weighted by molar-refractivity contribution is -0.116. The third-order valence-electron chi connectivity index (χ3n) is 5.65. The van der Waals surface area contributed by atoms with Gasteiger partial charge >= 0.3 is 0 Å². The number of anilines is 4. The largest absolute Gasteiger partial charge is 0.396 e. The van der Waals surface area contributed by atoms with E-state index in [0.29, 0.717) is 36.1 Å². The Kier molecular flexibility index (Phi) is 7.78. The number of amides is 1. The third-order valence-corrected chi connectivity index (χ3v) is 5.65. The molecule has 10 heteroatoms. The zero-order chi connectivity index (χ0) is 26.4. The molecule has 5 rings (SSSR count). The van der Waals surface area contributed by atoms with Gasteiger partial charge in [-0.05, 0) is 42.2 Å². The van der Waals surface area contributed by atoms with Gasteiger partial charge in [-0.2, -0.15) is 9.97 Å². The van der Waals surface area contributed by atoms with Crippen molar-refractivity contribution < 1.29 is 14.4 Å². The summed E-state index contributed by atoms with van der Waals surface area (Å²) in [5, 5.41) is 18.5. The van der Waals surface area contributed by atoms with Gasteiger partial charge in [-0.25, -0.2) is 4.98 Å². The molecule has 1 aliphatic heterocycles. The van der Waals surface area contributed by atoms with Gasteiger partial charge in [0, 0.05) is 36.0 Å². The summed E-state index contributed by atoms with van der Waals surface area (Å²) < 4.78 is 5.31. The smallest absolute Gasteiger partial charge is 0.263 e. The Morgan fingerprint density at radius 2 is 1.89 bits per heavy atom. The maximum atomic E-state index is 11.5. The lowest BCUT2D eigenvalue weighted by Gasteiger charge is -2.17. The summed E-state index contributed by atoms with van der Waals surface area (Å²) in [4.78, 5) is 24.5. The van der Waals surface area contributed by atoms with Crippen molar-refractivity contribution >= 4 is 29.0 Å². The zero-order valence-electron chi connectivity index (χ0n) is 21.2. The number of aromatic nitrogens is 4. The number of nitrogens with two attached hydrogens (primary N) is 1. The summed E-state index contributed by atoms with van der Waals surface area (Å²) in [5.74, 6) is 1.52. The minimum atomic E-state index is -0.231. The van der Waals surface area contributed by atoms with Crippen LogP contribution in [0.5, 0.6) is 0 Å². The summed E-state index contributed by atoms with van der Waals surface area (Å²) in [7, 11) is 0. The van der Waals surface area contributed by atoms with Crippen LogP contribution in [0.25, 0.3) is 11.5 Å². The van der Waals surface area contributed by atoms with Crippen LogP contribution < -0.4 is 16.4 Å². The molecule has 0 bridgehead atoms. The second-order valence-corrected chi connectivity index (χ2v) is 9.67. The number of carbonyl (C=O) groups excluding carboxylic acids is 1. The standard InChI is InChI=1S/C19H21N7O2.C8H10O/c1-19(2,3)17-25-16(28-26-17)12-9-21-18(24-15(12)20)22-11-5-6-13-10(8-11)4-7-14(27)23-13;9-7-6-8-4-2-1-3-5-8/h5-6,8-9H,4,7H2,1-3H3,(H,23,27)(H3,20,21,22,24);1-5,9H,6-7H2. The molecule has 2 aromatic carbocycles. The zero-order valence-corrected chi connectivity index (χ0v) is 21.2. The van der Waals surface area contributed by atoms with Gasteiger partial charge in [-0.1, -0.05) is 56.3 Å². The lowest BCUT2D eigenvalue weighted by Crippen LogP contribution is -2.18. The quantitative estimate of drug-likeness (QED) is 0.314. The van der Waals surface area contributed by atoms with E-state index in [2.05, 4.69) is 30.7 Å². The summed E-state index contributed by atoms with van der Waals surface area (Å²) in [6.45, 7) is 6.24. The van der Waals surface area contributed by atoms with E-state index >= 15 is 0 Å². The van der Waals surface area contributed by atoms with Crippen molar-refractivity contribution in [3.63, 3.8) is 0 Å². The van der Waals surface area contributed by atoms with Gasteiger partial charge in [0.2, 0.25) is 11.9 Å². The van der Waals surface area contributed by atoms with E-state index in [0.717, 1.165) is 23.4 Å². The van der Waals surface area contributed by atoms with Crippen LogP contribution >= 0.6 is 0 Å². The van der Waals surface area contributed by atoms with Crippen molar-refractivity contribution in [2.75, 3.05) is 23.0 Å². The fraction of sp³-hybridized carbons (Fsp3) is 0.296. The van der Waals surface area contributed by atoms with E-state index < -0.39 is 0 Å². The van der Waals surface area contributed by atoms with Gasteiger partial charge in [-0.15, -0.1) is 0 Å². The van der Waals surface area contributed by atoms with E-state index in [-0.39, 0.29) is 23.7 Å². The Labute approximate surface area is 215 Å². The Balaban J connectivity index is 0.000000301. The van der Waals surface area contributed by atoms with Gasteiger partial charge in [-0.3, -0.25) is 4.79 Å². The maximum Gasteiger partial charge on any atom is 0.263 e. The second-order valence-electron chi connectivity index (χ2n) is 9.67. The second kappa shape index (κ2) is 11.2. The van der Waals surface area contributed by atoms with Crippen LogP contribution in [-0.2, 0) is 23.1 Å². The number of aryl methyl sites for hydroxylation is 1. The molecule has 0 radical (unpaired) electrons. The van der Waals surface area contributed by atoms with Crippen LogP contribution in [-0.4, -0.2) is 37.7 Å². The van der Waals surface area contributed by atoms with Gasteiger partial charge < -0.3 is 26.0 Å². The predicted molar refractivity (Wildman–Crippen MR) is 142 cm³/mol. The van der Waals surface area contributed by atoms with Gasteiger partial charge in [0.25, 0.3) is 5.89 Å². The van der Waals surface area contributed by atoms with Crippen LogP contribution in [0, 0.1) is 0 Å². The molecule has 1 aliphatic rings. The molecule has 1 amide bonds. The third kappa shape index (κ3) is 6.68. The first-order valence-corrected chi connectivity index (χ1v) is 12.0. The molecule has 0 unspecified atom stereocenters. The lowest BCUT2D eigenvalue weighted by atomic mass is 9.96. The van der Waals surface area contributed by atoms with Crippen molar-refractivity contribution in [1.82, 2.24) is 20.1 Å². The topological polar surface area (TPSA) is 152 Å². The highest BCUT2D eigenvalue weighted by Gasteiger charge is 2.23. The molecule has 4 aromatic rings. The first-order valence-electron chi connectivity index (χ1n) is 12.0. The maximum absolute atomic E-state index is 11.5. The first-order chi connectivity index (χ1) is 17.7. The molecular weight excluding hydrogens is 470 g/mol. The van der Waals surface area contributed by atoms with Crippen LogP contribution in [0.1, 0.15) is 44.1 Å². The highest BCUT2D eigenvalue weighted by Crippen LogP contribution is 2.29. The molecule has 0 atom stereocenters. The van der Waals surface area contributed by atoms with Crippen LogP contribution in [0.2, 0.25) is 0 Å². The monoisotopic (exact) mass is 501 g/mol. The van der Waals surface area contributed by atoms with E-state index in [1.54, 1.807) is 6.20 Å². The van der Waals surface area contributed by atoms with E-state index in [9.17, 15) is 4.79 Å². The van der Waals surface area contributed by atoms with Gasteiger partial charge in [0.15, 0.2) is 5.82 Å². The molecule has 37 heavy (non-hydrogen) atoms. The number of benzene rings is 2. The molecule has 0 aliphatic carbocycles. The number of aliphatic hydroxyl groups is 1. The predicted octanol–water partition coefficient (Wildman–Crippen LogP) is 4.26. The normalized spacial score (nSPS) is 12.7. The summed E-state index contributed by atoms with van der Waals surface area (Å²) in [6.07, 6.45) is 3.51. The molecule has 0 saturated heterocycles. The molecule has 192 valence electrons. The van der Waals surface area contributed by atoms with Crippen molar-refractivity contribution in [3.8, 4) is 11.5 Å². The SMILES string of the molecule is CC(C)(C)c1noc(-c2cnc(Nc3ccc4c(c3)CCC(=O)N4)nc2N)n1.OCCc1ccccc1. The van der Waals surface area contributed by atoms with Gasteiger partial charge in [0.1, 0.15) is 11.4 Å². The molecule has 0 fully saturated rings. The average molecular weight is 502 g/mol. The Morgan fingerprint density at radius 3 is 2.57 bits per heavy atom. The number of nitrogen functional groups attached to an aromatic ring is 1. The Hall–Kier alpha value is -4.31. The molecule has 5 N–H and O–H groups in total. The van der Waals surface area contributed by atoms with Crippen LogP contribution in [0.15, 0.2) is 59.3 Å². The van der Waals surface area contributed by atoms with E-state index in [4.69, 9.17) is 15.4 Å². The van der Waals surface area contributed by atoms with Crippen molar-refractivity contribution in [1.29, 1.82) is 0 Å². The number of aliphatic hydroxyl groups excluding tert-OH is 1. The molecule has 0 spiro atoms. The Morgan fingerprint density at radius 1 is 1.11 bits per heavy atom. The Bertz CT molecular complexity index is 1360. The van der Waals surface area contributed by atoms with Crippen molar-refractivity contribution in [2.45, 2.75) is 45.4 Å². The molecule has 10 nitrogen and oxygen atoms in total. The van der Waals surface area contributed by atoms with Gasteiger partial charge in [0.05, 0.1) is 0 Å². The highest BCUT2D eigenvalue weighted by atomic mass is 16.5.